The van der Waals surface area contributed by atoms with Crippen molar-refractivity contribution >= 4 is 27.5 Å². The van der Waals surface area contributed by atoms with Crippen molar-refractivity contribution in [3.63, 3.8) is 0 Å². The first-order valence-corrected chi connectivity index (χ1v) is 6.33. The Morgan fingerprint density at radius 1 is 1.21 bits per heavy atom. The second-order valence-corrected chi connectivity index (χ2v) is 4.76. The molecule has 0 aliphatic rings. The maximum absolute atomic E-state index is 12.0. The molecule has 4 nitrogen and oxygen atoms in total. The molecule has 2 aromatic carbocycles. The highest BCUT2D eigenvalue weighted by atomic mass is 79.9. The maximum atomic E-state index is 12.0. The lowest BCUT2D eigenvalue weighted by molar-refractivity contribution is 0.102. The van der Waals surface area contributed by atoms with Crippen LogP contribution in [0.5, 0.6) is 11.5 Å². The van der Waals surface area contributed by atoms with Gasteiger partial charge in [-0.05, 0) is 42.5 Å². The van der Waals surface area contributed by atoms with Gasteiger partial charge in [0.05, 0.1) is 12.8 Å². The first-order valence-electron chi connectivity index (χ1n) is 5.54. The smallest absolute Gasteiger partial charge is 0.255 e. The van der Waals surface area contributed by atoms with Crippen molar-refractivity contribution in [2.75, 3.05) is 12.4 Å². The summed E-state index contributed by atoms with van der Waals surface area (Å²) in [6, 6.07) is 11.4. The van der Waals surface area contributed by atoms with Gasteiger partial charge in [-0.1, -0.05) is 15.9 Å². The van der Waals surface area contributed by atoms with Crippen LogP contribution in [0.15, 0.2) is 46.9 Å². The lowest BCUT2D eigenvalue weighted by Gasteiger charge is -2.10. The van der Waals surface area contributed by atoms with E-state index in [1.807, 2.05) is 6.07 Å². The SMILES string of the molecule is COc1ccc(Br)cc1NC(=O)c1ccc(O)cc1. The second-order valence-electron chi connectivity index (χ2n) is 3.85. The molecular formula is C14H12BrNO3. The van der Waals surface area contributed by atoms with Crippen LogP contribution < -0.4 is 10.1 Å². The van der Waals surface area contributed by atoms with Crippen molar-refractivity contribution in [3.8, 4) is 11.5 Å². The summed E-state index contributed by atoms with van der Waals surface area (Å²) in [5, 5.41) is 12.0. The Kier molecular flexibility index (Phi) is 4.06. The zero-order chi connectivity index (χ0) is 13.8. The Balaban J connectivity index is 2.23. The van der Waals surface area contributed by atoms with Gasteiger partial charge in [0.1, 0.15) is 11.5 Å². The Morgan fingerprint density at radius 2 is 1.89 bits per heavy atom. The number of benzene rings is 2. The summed E-state index contributed by atoms with van der Waals surface area (Å²) in [5.41, 5.74) is 1.04. The van der Waals surface area contributed by atoms with Gasteiger partial charge in [-0.25, -0.2) is 0 Å². The van der Waals surface area contributed by atoms with E-state index in [2.05, 4.69) is 21.2 Å². The van der Waals surface area contributed by atoms with Gasteiger partial charge in [0.25, 0.3) is 5.91 Å². The summed E-state index contributed by atoms with van der Waals surface area (Å²) in [6.07, 6.45) is 0. The maximum Gasteiger partial charge on any atom is 0.255 e. The number of aromatic hydroxyl groups is 1. The molecule has 2 N–H and O–H groups in total. The van der Waals surface area contributed by atoms with Gasteiger partial charge in [-0.15, -0.1) is 0 Å². The Labute approximate surface area is 119 Å². The summed E-state index contributed by atoms with van der Waals surface area (Å²) in [5.74, 6) is 0.434. The van der Waals surface area contributed by atoms with Crippen LogP contribution in [0.2, 0.25) is 0 Å². The number of phenols is 1. The predicted octanol–water partition coefficient (Wildman–Crippen LogP) is 3.42. The topological polar surface area (TPSA) is 58.6 Å². The van der Waals surface area contributed by atoms with E-state index in [0.717, 1.165) is 4.47 Å². The third-order valence-corrected chi connectivity index (χ3v) is 3.03. The largest absolute Gasteiger partial charge is 0.508 e. The molecule has 0 aliphatic heterocycles. The van der Waals surface area contributed by atoms with E-state index < -0.39 is 0 Å². The highest BCUT2D eigenvalue weighted by Gasteiger charge is 2.10. The highest BCUT2D eigenvalue weighted by Crippen LogP contribution is 2.28. The third-order valence-electron chi connectivity index (χ3n) is 2.54. The van der Waals surface area contributed by atoms with Gasteiger partial charge in [0.15, 0.2) is 0 Å². The number of phenolic OH excluding ortho intramolecular Hbond substituents is 1. The number of anilines is 1. The van der Waals surface area contributed by atoms with Gasteiger partial charge >= 0.3 is 0 Å². The average molecular weight is 322 g/mol. The molecule has 0 atom stereocenters. The summed E-state index contributed by atoms with van der Waals surface area (Å²) in [6.45, 7) is 0. The molecule has 0 aliphatic carbocycles. The molecule has 0 saturated heterocycles. The lowest BCUT2D eigenvalue weighted by atomic mass is 10.2. The van der Waals surface area contributed by atoms with Crippen molar-refractivity contribution in [1.29, 1.82) is 0 Å². The number of carbonyl (C=O) groups excluding carboxylic acids is 1. The number of hydrogen-bond donors (Lipinski definition) is 2. The van der Waals surface area contributed by atoms with Crippen LogP contribution in [-0.2, 0) is 0 Å². The van der Waals surface area contributed by atoms with E-state index in [1.165, 1.54) is 12.1 Å². The van der Waals surface area contributed by atoms with Crippen LogP contribution in [0.3, 0.4) is 0 Å². The molecule has 2 rings (SSSR count). The van der Waals surface area contributed by atoms with Crippen LogP contribution in [0.4, 0.5) is 5.69 Å². The monoisotopic (exact) mass is 321 g/mol. The number of methoxy groups -OCH3 is 1. The highest BCUT2D eigenvalue weighted by molar-refractivity contribution is 9.10. The molecule has 5 heteroatoms. The van der Waals surface area contributed by atoms with Gasteiger partial charge in [-0.2, -0.15) is 0 Å². The van der Waals surface area contributed by atoms with E-state index in [9.17, 15) is 9.90 Å². The average Bonchev–Trinajstić information content (AvgIpc) is 2.39. The zero-order valence-electron chi connectivity index (χ0n) is 10.2. The van der Waals surface area contributed by atoms with Crippen molar-refractivity contribution < 1.29 is 14.6 Å². The van der Waals surface area contributed by atoms with Crippen LogP contribution in [0.25, 0.3) is 0 Å². The molecule has 2 aromatic rings. The van der Waals surface area contributed by atoms with E-state index in [1.54, 1.807) is 31.4 Å². The Bertz CT molecular complexity index is 596. The number of carbonyl (C=O) groups is 1. The first kappa shape index (κ1) is 13.4. The molecule has 98 valence electrons. The van der Waals surface area contributed by atoms with Crippen LogP contribution >= 0.6 is 15.9 Å². The fourth-order valence-electron chi connectivity index (χ4n) is 1.59. The van der Waals surface area contributed by atoms with Crippen molar-refractivity contribution in [2.45, 2.75) is 0 Å². The van der Waals surface area contributed by atoms with E-state index in [4.69, 9.17) is 4.74 Å². The number of hydrogen-bond acceptors (Lipinski definition) is 3. The molecular weight excluding hydrogens is 310 g/mol. The molecule has 0 aromatic heterocycles. The molecule has 0 spiro atoms. The fraction of sp³-hybridized carbons (Fsp3) is 0.0714. The first-order chi connectivity index (χ1) is 9.10. The standard InChI is InChI=1S/C14H12BrNO3/c1-19-13-7-4-10(15)8-12(13)16-14(18)9-2-5-11(17)6-3-9/h2-8,17H,1H3,(H,16,18). The number of ether oxygens (including phenoxy) is 1. The van der Waals surface area contributed by atoms with Crippen LogP contribution in [0, 0.1) is 0 Å². The Morgan fingerprint density at radius 3 is 2.53 bits per heavy atom. The molecule has 1 amide bonds. The minimum atomic E-state index is -0.267. The van der Waals surface area contributed by atoms with E-state index >= 15 is 0 Å². The summed E-state index contributed by atoms with van der Waals surface area (Å²) < 4.78 is 6.02. The lowest BCUT2D eigenvalue weighted by Crippen LogP contribution is -2.12. The molecule has 0 heterocycles. The minimum Gasteiger partial charge on any atom is -0.508 e. The summed E-state index contributed by atoms with van der Waals surface area (Å²) >= 11 is 3.34. The van der Waals surface area contributed by atoms with Gasteiger partial charge in [-0.3, -0.25) is 4.79 Å². The molecule has 19 heavy (non-hydrogen) atoms. The van der Waals surface area contributed by atoms with Crippen molar-refractivity contribution in [1.82, 2.24) is 0 Å². The quantitative estimate of drug-likeness (QED) is 0.910. The minimum absolute atomic E-state index is 0.122. The van der Waals surface area contributed by atoms with Crippen LogP contribution in [0.1, 0.15) is 10.4 Å². The third kappa shape index (κ3) is 3.26. The zero-order valence-corrected chi connectivity index (χ0v) is 11.8. The van der Waals surface area contributed by atoms with Gasteiger partial charge in [0, 0.05) is 10.0 Å². The predicted molar refractivity (Wildman–Crippen MR) is 76.8 cm³/mol. The van der Waals surface area contributed by atoms with Crippen molar-refractivity contribution in [3.05, 3.63) is 52.5 Å². The molecule has 0 unspecified atom stereocenters. The summed E-state index contributed by atoms with van der Waals surface area (Å²) in [7, 11) is 1.54. The fourth-order valence-corrected chi connectivity index (χ4v) is 1.95. The number of amides is 1. The number of rotatable bonds is 3. The second kappa shape index (κ2) is 5.75. The Hall–Kier alpha value is -2.01. The molecule has 0 saturated carbocycles. The van der Waals surface area contributed by atoms with E-state index in [0.29, 0.717) is 17.0 Å². The normalized spacial score (nSPS) is 10.0. The summed E-state index contributed by atoms with van der Waals surface area (Å²) in [4.78, 5) is 12.0. The van der Waals surface area contributed by atoms with Crippen molar-refractivity contribution in [2.24, 2.45) is 0 Å². The van der Waals surface area contributed by atoms with Crippen LogP contribution in [-0.4, -0.2) is 18.1 Å². The van der Waals surface area contributed by atoms with Gasteiger partial charge < -0.3 is 15.2 Å². The molecule has 0 bridgehead atoms. The number of nitrogens with one attached hydrogen (secondary N) is 1. The molecule has 0 radical (unpaired) electrons. The van der Waals surface area contributed by atoms with Gasteiger partial charge in [0.2, 0.25) is 0 Å². The van der Waals surface area contributed by atoms with E-state index in [-0.39, 0.29) is 11.7 Å². The molecule has 0 fully saturated rings. The number of halogens is 1.